The molecule has 0 aliphatic heterocycles. The average molecular weight is 265 g/mol. The van der Waals surface area contributed by atoms with E-state index in [0.29, 0.717) is 0 Å². The maximum Gasteiger partial charge on any atom is 0.119 e. The summed E-state index contributed by atoms with van der Waals surface area (Å²) in [6, 6.07) is 7.72. The van der Waals surface area contributed by atoms with Crippen LogP contribution in [0.4, 0.5) is 0 Å². The summed E-state index contributed by atoms with van der Waals surface area (Å²) in [4.78, 5) is 0. The molecule has 0 fully saturated rings. The molecule has 0 bridgehead atoms. The average Bonchev–Trinajstić information content (AvgIpc) is 2.46. The maximum atomic E-state index is 5.66. The lowest BCUT2D eigenvalue weighted by Gasteiger charge is -2.08. The molecule has 0 aliphatic carbocycles. The van der Waals surface area contributed by atoms with Gasteiger partial charge in [-0.1, -0.05) is 26.2 Å². The van der Waals surface area contributed by atoms with Gasteiger partial charge in [-0.15, -0.1) is 0 Å². The van der Waals surface area contributed by atoms with Crippen molar-refractivity contribution in [3.63, 3.8) is 0 Å². The van der Waals surface area contributed by atoms with Crippen molar-refractivity contribution in [2.24, 2.45) is 0 Å². The molecule has 0 aliphatic rings. The summed E-state index contributed by atoms with van der Waals surface area (Å²) in [6.45, 7) is 5.16. The van der Waals surface area contributed by atoms with Crippen molar-refractivity contribution < 1.29 is 9.47 Å². The first-order chi connectivity index (χ1) is 9.36. The fraction of sp³-hybridized carbons (Fsp3) is 0.625. The summed E-state index contributed by atoms with van der Waals surface area (Å²) >= 11 is 0. The van der Waals surface area contributed by atoms with Crippen LogP contribution in [0.2, 0.25) is 0 Å². The largest absolute Gasteiger partial charge is 0.497 e. The molecule has 0 amide bonds. The van der Waals surface area contributed by atoms with E-state index >= 15 is 0 Å². The van der Waals surface area contributed by atoms with Crippen LogP contribution >= 0.6 is 0 Å². The normalized spacial score (nSPS) is 10.4. The molecule has 1 aromatic rings. The molecule has 1 aromatic carbocycles. The van der Waals surface area contributed by atoms with Crippen molar-refractivity contribution in [2.45, 2.75) is 39.0 Å². The summed E-state index contributed by atoms with van der Waals surface area (Å²) < 4.78 is 10.8. The SMILES string of the molecule is CCCCCCNCCCOc1ccc(OC)cc1. The van der Waals surface area contributed by atoms with Crippen LogP contribution in [0.5, 0.6) is 11.5 Å². The van der Waals surface area contributed by atoms with Crippen LogP contribution in [0, 0.1) is 0 Å². The summed E-state index contributed by atoms with van der Waals surface area (Å²) in [5.41, 5.74) is 0. The minimum Gasteiger partial charge on any atom is -0.497 e. The summed E-state index contributed by atoms with van der Waals surface area (Å²) in [7, 11) is 1.67. The Balaban J connectivity index is 1.95. The fourth-order valence-corrected chi connectivity index (χ4v) is 1.86. The molecule has 0 spiro atoms. The summed E-state index contributed by atoms with van der Waals surface area (Å²) in [6.07, 6.45) is 6.32. The van der Waals surface area contributed by atoms with Gasteiger partial charge in [0.15, 0.2) is 0 Å². The Bertz CT molecular complexity index is 311. The molecule has 19 heavy (non-hydrogen) atoms. The zero-order chi connectivity index (χ0) is 13.8. The van der Waals surface area contributed by atoms with Crippen LogP contribution in [-0.4, -0.2) is 26.8 Å². The fourth-order valence-electron chi connectivity index (χ4n) is 1.86. The second kappa shape index (κ2) is 10.7. The quantitative estimate of drug-likeness (QED) is 0.620. The van der Waals surface area contributed by atoms with Crippen LogP contribution in [0.1, 0.15) is 39.0 Å². The smallest absolute Gasteiger partial charge is 0.119 e. The third-order valence-electron chi connectivity index (χ3n) is 3.03. The number of rotatable bonds is 11. The van der Waals surface area contributed by atoms with Crippen LogP contribution in [0.25, 0.3) is 0 Å². The van der Waals surface area contributed by atoms with Crippen molar-refractivity contribution in [3.05, 3.63) is 24.3 Å². The first kappa shape index (κ1) is 15.8. The lowest BCUT2D eigenvalue weighted by molar-refractivity contribution is 0.307. The Morgan fingerprint density at radius 1 is 0.895 bits per heavy atom. The predicted molar refractivity (Wildman–Crippen MR) is 80.1 cm³/mol. The van der Waals surface area contributed by atoms with E-state index in [0.717, 1.165) is 37.6 Å². The standard InChI is InChI=1S/C16H27NO2/c1-3-4-5-6-12-17-13-7-14-19-16-10-8-15(18-2)9-11-16/h8-11,17H,3-7,12-14H2,1-2H3. The molecule has 0 unspecified atom stereocenters. The Hall–Kier alpha value is -1.22. The molecule has 3 nitrogen and oxygen atoms in total. The van der Waals surface area contributed by atoms with Gasteiger partial charge in [-0.25, -0.2) is 0 Å². The van der Waals surface area contributed by atoms with Crippen LogP contribution in [-0.2, 0) is 0 Å². The number of hydrogen-bond acceptors (Lipinski definition) is 3. The van der Waals surface area contributed by atoms with Crippen LogP contribution < -0.4 is 14.8 Å². The van der Waals surface area contributed by atoms with E-state index in [9.17, 15) is 0 Å². The highest BCUT2D eigenvalue weighted by Gasteiger charge is 1.95. The number of methoxy groups -OCH3 is 1. The van der Waals surface area contributed by atoms with E-state index in [1.807, 2.05) is 24.3 Å². The molecule has 0 radical (unpaired) electrons. The first-order valence-electron chi connectivity index (χ1n) is 7.34. The second-order valence-electron chi connectivity index (χ2n) is 4.69. The van der Waals surface area contributed by atoms with E-state index in [1.165, 1.54) is 25.7 Å². The van der Waals surface area contributed by atoms with Gasteiger partial charge in [-0.05, 0) is 50.2 Å². The Morgan fingerprint density at radius 2 is 1.58 bits per heavy atom. The molecule has 3 heteroatoms. The van der Waals surface area contributed by atoms with Gasteiger partial charge in [0, 0.05) is 0 Å². The van der Waals surface area contributed by atoms with Crippen molar-refractivity contribution in [3.8, 4) is 11.5 Å². The topological polar surface area (TPSA) is 30.5 Å². The predicted octanol–water partition coefficient (Wildman–Crippen LogP) is 3.63. The molecule has 1 N–H and O–H groups in total. The molecule has 108 valence electrons. The zero-order valence-electron chi connectivity index (χ0n) is 12.3. The van der Waals surface area contributed by atoms with E-state index in [4.69, 9.17) is 9.47 Å². The monoisotopic (exact) mass is 265 g/mol. The summed E-state index contributed by atoms with van der Waals surface area (Å²) in [5.74, 6) is 1.77. The lowest BCUT2D eigenvalue weighted by Crippen LogP contribution is -2.18. The van der Waals surface area contributed by atoms with Gasteiger partial charge in [0.25, 0.3) is 0 Å². The van der Waals surface area contributed by atoms with Crippen molar-refractivity contribution in [1.29, 1.82) is 0 Å². The molecule has 0 saturated carbocycles. The van der Waals surface area contributed by atoms with Gasteiger partial charge in [0.1, 0.15) is 11.5 Å². The number of nitrogens with one attached hydrogen (secondary N) is 1. The van der Waals surface area contributed by atoms with Gasteiger partial charge >= 0.3 is 0 Å². The maximum absolute atomic E-state index is 5.66. The van der Waals surface area contributed by atoms with E-state index < -0.39 is 0 Å². The number of benzene rings is 1. The molecule has 0 aromatic heterocycles. The Labute approximate surface area is 117 Å². The molecule has 0 heterocycles. The summed E-state index contributed by atoms with van der Waals surface area (Å²) in [5, 5.41) is 3.45. The van der Waals surface area contributed by atoms with Crippen LogP contribution in [0.15, 0.2) is 24.3 Å². The number of unbranched alkanes of at least 4 members (excludes halogenated alkanes) is 3. The minimum atomic E-state index is 0.758. The highest BCUT2D eigenvalue weighted by molar-refractivity contribution is 5.31. The Morgan fingerprint density at radius 3 is 2.26 bits per heavy atom. The number of hydrogen-bond donors (Lipinski definition) is 1. The van der Waals surface area contributed by atoms with Gasteiger partial charge in [0.2, 0.25) is 0 Å². The van der Waals surface area contributed by atoms with E-state index in [1.54, 1.807) is 7.11 Å². The van der Waals surface area contributed by atoms with E-state index in [-0.39, 0.29) is 0 Å². The van der Waals surface area contributed by atoms with Gasteiger partial charge < -0.3 is 14.8 Å². The van der Waals surface area contributed by atoms with Gasteiger partial charge in [-0.2, -0.15) is 0 Å². The second-order valence-corrected chi connectivity index (χ2v) is 4.69. The first-order valence-corrected chi connectivity index (χ1v) is 7.34. The van der Waals surface area contributed by atoms with Crippen molar-refractivity contribution in [2.75, 3.05) is 26.8 Å². The van der Waals surface area contributed by atoms with Crippen molar-refractivity contribution in [1.82, 2.24) is 5.32 Å². The molecular formula is C16H27NO2. The van der Waals surface area contributed by atoms with E-state index in [2.05, 4.69) is 12.2 Å². The third kappa shape index (κ3) is 7.73. The number of ether oxygens (including phenoxy) is 2. The zero-order valence-corrected chi connectivity index (χ0v) is 12.3. The highest BCUT2D eigenvalue weighted by Crippen LogP contribution is 2.16. The highest BCUT2D eigenvalue weighted by atomic mass is 16.5. The molecule has 1 rings (SSSR count). The third-order valence-corrected chi connectivity index (χ3v) is 3.03. The molecule has 0 saturated heterocycles. The van der Waals surface area contributed by atoms with Gasteiger partial charge in [0.05, 0.1) is 13.7 Å². The molecule has 0 atom stereocenters. The lowest BCUT2D eigenvalue weighted by atomic mass is 10.2. The van der Waals surface area contributed by atoms with Crippen LogP contribution in [0.3, 0.4) is 0 Å². The Kier molecular flexibility index (Phi) is 8.90. The van der Waals surface area contributed by atoms with Crippen molar-refractivity contribution >= 4 is 0 Å². The molecular weight excluding hydrogens is 238 g/mol. The minimum absolute atomic E-state index is 0.758. The van der Waals surface area contributed by atoms with Gasteiger partial charge in [-0.3, -0.25) is 0 Å².